The Morgan fingerprint density at radius 2 is 2.05 bits per heavy atom. The summed E-state index contributed by atoms with van der Waals surface area (Å²) in [5.41, 5.74) is -0.594. The Morgan fingerprint density at radius 1 is 1.29 bits per heavy atom. The van der Waals surface area contributed by atoms with Crippen LogP contribution < -0.4 is 0 Å². The molecule has 114 valence electrons. The highest BCUT2D eigenvalue weighted by molar-refractivity contribution is 7.91. The number of carboxylic acid groups (broad SMARTS) is 1. The van der Waals surface area contributed by atoms with Crippen molar-refractivity contribution in [1.82, 2.24) is 0 Å². The molecule has 0 aromatic heterocycles. The molecule has 2 saturated carbocycles. The summed E-state index contributed by atoms with van der Waals surface area (Å²) in [6.07, 6.45) is 4.34. The molecule has 1 aromatic carbocycles. The summed E-state index contributed by atoms with van der Waals surface area (Å²) < 4.78 is 38.2. The Hall–Kier alpha value is -1.43. The largest absolute Gasteiger partial charge is 0.478 e. The number of halogens is 1. The van der Waals surface area contributed by atoms with Crippen LogP contribution in [0, 0.1) is 23.6 Å². The van der Waals surface area contributed by atoms with Gasteiger partial charge >= 0.3 is 5.97 Å². The van der Waals surface area contributed by atoms with Crippen LogP contribution in [0.1, 0.15) is 36.0 Å². The quantitative estimate of drug-likeness (QED) is 0.868. The van der Waals surface area contributed by atoms with Gasteiger partial charge in [0.15, 0.2) is 9.84 Å². The van der Waals surface area contributed by atoms with Crippen LogP contribution in [0.3, 0.4) is 0 Å². The van der Waals surface area contributed by atoms with Crippen LogP contribution in [-0.4, -0.2) is 25.2 Å². The molecule has 0 aliphatic heterocycles. The first-order valence-corrected chi connectivity index (χ1v) is 8.77. The number of aromatic carboxylic acids is 1. The first-order chi connectivity index (χ1) is 9.87. The van der Waals surface area contributed by atoms with E-state index >= 15 is 0 Å². The molecule has 4 nitrogen and oxygen atoms in total. The third-order valence-electron chi connectivity index (χ3n) is 4.85. The summed E-state index contributed by atoms with van der Waals surface area (Å²) in [4.78, 5) is 10.8. The summed E-state index contributed by atoms with van der Waals surface area (Å²) in [5, 5.41) is 8.89. The van der Waals surface area contributed by atoms with Crippen LogP contribution in [0.25, 0.3) is 0 Å². The molecular weight excluding hydrogens is 295 g/mol. The van der Waals surface area contributed by atoms with E-state index in [1.54, 1.807) is 0 Å². The molecule has 1 N–H and O–H groups in total. The van der Waals surface area contributed by atoms with Gasteiger partial charge in [0.25, 0.3) is 0 Å². The SMILES string of the molecule is O=C(O)c1cc(S(=O)(=O)CC2CC3CCC2C3)ccc1F. The number of fused-ring (bicyclic) bond motifs is 2. The molecule has 2 aliphatic rings. The first-order valence-electron chi connectivity index (χ1n) is 7.12. The fourth-order valence-electron chi connectivity index (χ4n) is 3.82. The Balaban J connectivity index is 1.85. The van der Waals surface area contributed by atoms with Crippen LogP contribution in [0.4, 0.5) is 4.39 Å². The maximum atomic E-state index is 13.4. The molecule has 0 heterocycles. The summed E-state index contributed by atoms with van der Waals surface area (Å²) >= 11 is 0. The lowest BCUT2D eigenvalue weighted by Crippen LogP contribution is -2.21. The first kappa shape index (κ1) is 14.5. The van der Waals surface area contributed by atoms with Gasteiger partial charge in [-0.25, -0.2) is 17.6 Å². The molecule has 3 rings (SSSR count). The van der Waals surface area contributed by atoms with E-state index in [9.17, 15) is 17.6 Å². The third kappa shape index (κ3) is 2.69. The van der Waals surface area contributed by atoms with Gasteiger partial charge in [0.2, 0.25) is 0 Å². The van der Waals surface area contributed by atoms with Crippen molar-refractivity contribution in [3.63, 3.8) is 0 Å². The van der Waals surface area contributed by atoms with Crippen molar-refractivity contribution >= 4 is 15.8 Å². The Kier molecular flexibility index (Phi) is 3.51. The van der Waals surface area contributed by atoms with Gasteiger partial charge in [-0.2, -0.15) is 0 Å². The predicted octanol–water partition coefficient (Wildman–Crippen LogP) is 2.73. The summed E-state index contributed by atoms with van der Waals surface area (Å²) in [7, 11) is -3.57. The standard InChI is InChI=1S/C15H17FO4S/c16-14-4-3-12(7-13(14)15(17)18)21(19,20)8-11-6-9-1-2-10(11)5-9/h3-4,7,9-11H,1-2,5-6,8H2,(H,17,18). The third-order valence-corrected chi connectivity index (χ3v) is 6.68. The average molecular weight is 312 g/mol. The summed E-state index contributed by atoms with van der Waals surface area (Å²) in [6.45, 7) is 0. The molecule has 0 saturated heterocycles. The second-order valence-electron chi connectivity index (χ2n) is 6.16. The van der Waals surface area contributed by atoms with E-state index in [-0.39, 0.29) is 16.6 Å². The summed E-state index contributed by atoms with van der Waals surface area (Å²) in [5.74, 6) is -1.04. The van der Waals surface area contributed by atoms with Crippen LogP contribution >= 0.6 is 0 Å². The highest BCUT2D eigenvalue weighted by Crippen LogP contribution is 2.49. The number of carbonyl (C=O) groups is 1. The van der Waals surface area contributed by atoms with Crippen molar-refractivity contribution in [3.8, 4) is 0 Å². The number of hydrogen-bond acceptors (Lipinski definition) is 3. The van der Waals surface area contributed by atoms with Crippen LogP contribution in [0.5, 0.6) is 0 Å². The fourth-order valence-corrected chi connectivity index (χ4v) is 5.56. The minimum Gasteiger partial charge on any atom is -0.478 e. The number of rotatable bonds is 4. The molecule has 2 fully saturated rings. The van der Waals surface area contributed by atoms with Gasteiger partial charge in [-0.3, -0.25) is 0 Å². The Bertz CT molecular complexity index is 683. The number of carboxylic acids is 1. The molecule has 0 spiro atoms. The van der Waals surface area contributed by atoms with Gasteiger partial charge in [-0.1, -0.05) is 6.42 Å². The lowest BCUT2D eigenvalue weighted by molar-refractivity contribution is 0.0691. The number of sulfone groups is 1. The van der Waals surface area contributed by atoms with E-state index in [0.717, 1.165) is 37.5 Å². The van der Waals surface area contributed by atoms with E-state index < -0.39 is 27.2 Å². The topological polar surface area (TPSA) is 71.4 Å². The second-order valence-corrected chi connectivity index (χ2v) is 8.20. The van der Waals surface area contributed by atoms with Crippen molar-refractivity contribution in [2.24, 2.45) is 17.8 Å². The number of benzene rings is 1. The van der Waals surface area contributed by atoms with Gasteiger partial charge in [0.1, 0.15) is 5.82 Å². The van der Waals surface area contributed by atoms with Gasteiger partial charge in [-0.15, -0.1) is 0 Å². The Morgan fingerprint density at radius 3 is 2.62 bits per heavy atom. The zero-order valence-corrected chi connectivity index (χ0v) is 12.3. The highest BCUT2D eigenvalue weighted by Gasteiger charge is 2.41. The van der Waals surface area contributed by atoms with Gasteiger partial charge in [0, 0.05) is 0 Å². The molecular formula is C15H17FO4S. The lowest BCUT2D eigenvalue weighted by Gasteiger charge is -2.21. The molecule has 6 heteroatoms. The molecule has 2 aliphatic carbocycles. The van der Waals surface area contributed by atoms with E-state index in [2.05, 4.69) is 0 Å². The zero-order chi connectivity index (χ0) is 15.2. The summed E-state index contributed by atoms with van der Waals surface area (Å²) in [6, 6.07) is 3.00. The number of hydrogen-bond donors (Lipinski definition) is 1. The predicted molar refractivity (Wildman–Crippen MR) is 74.4 cm³/mol. The van der Waals surface area contributed by atoms with Crippen LogP contribution in [0.15, 0.2) is 23.1 Å². The molecule has 2 bridgehead atoms. The normalized spacial score (nSPS) is 28.0. The van der Waals surface area contributed by atoms with Crippen LogP contribution in [0.2, 0.25) is 0 Å². The molecule has 3 atom stereocenters. The monoisotopic (exact) mass is 312 g/mol. The minimum absolute atomic E-state index is 0.0405. The maximum Gasteiger partial charge on any atom is 0.338 e. The van der Waals surface area contributed by atoms with E-state index in [4.69, 9.17) is 5.11 Å². The van der Waals surface area contributed by atoms with Crippen molar-refractivity contribution in [3.05, 3.63) is 29.6 Å². The molecule has 1 aromatic rings. The fraction of sp³-hybridized carbons (Fsp3) is 0.533. The molecule has 3 unspecified atom stereocenters. The lowest BCUT2D eigenvalue weighted by atomic mass is 9.90. The molecule has 21 heavy (non-hydrogen) atoms. The van der Waals surface area contributed by atoms with Gasteiger partial charge in [0.05, 0.1) is 16.2 Å². The van der Waals surface area contributed by atoms with Crippen molar-refractivity contribution in [2.75, 3.05) is 5.75 Å². The van der Waals surface area contributed by atoms with E-state index in [1.807, 2.05) is 0 Å². The second kappa shape index (κ2) is 5.09. The zero-order valence-electron chi connectivity index (χ0n) is 11.5. The van der Waals surface area contributed by atoms with E-state index in [1.165, 1.54) is 6.42 Å². The average Bonchev–Trinajstić information content (AvgIpc) is 3.00. The van der Waals surface area contributed by atoms with Crippen molar-refractivity contribution in [2.45, 2.75) is 30.6 Å². The molecule has 0 amide bonds. The van der Waals surface area contributed by atoms with Gasteiger partial charge < -0.3 is 5.11 Å². The maximum absolute atomic E-state index is 13.4. The highest BCUT2D eigenvalue weighted by atomic mass is 32.2. The Labute approximate surface area is 122 Å². The van der Waals surface area contributed by atoms with E-state index in [0.29, 0.717) is 11.8 Å². The van der Waals surface area contributed by atoms with Crippen molar-refractivity contribution < 1.29 is 22.7 Å². The van der Waals surface area contributed by atoms with Gasteiger partial charge in [-0.05, 0) is 55.2 Å². The van der Waals surface area contributed by atoms with Crippen molar-refractivity contribution in [1.29, 1.82) is 0 Å². The smallest absolute Gasteiger partial charge is 0.338 e. The molecule has 0 radical (unpaired) electrons. The minimum atomic E-state index is -3.57. The van der Waals surface area contributed by atoms with Crippen LogP contribution in [-0.2, 0) is 9.84 Å².